The van der Waals surface area contributed by atoms with E-state index in [2.05, 4.69) is 27.1 Å². The zero-order valence-corrected chi connectivity index (χ0v) is 18.6. The molecule has 1 saturated heterocycles. The number of amides is 1. The van der Waals surface area contributed by atoms with Gasteiger partial charge in [0.2, 0.25) is 5.88 Å². The number of aryl methyl sites for hydroxylation is 3. The molecule has 0 N–H and O–H groups in total. The Bertz CT molecular complexity index is 1080. The third kappa shape index (κ3) is 4.42. The van der Waals surface area contributed by atoms with Gasteiger partial charge in [0.25, 0.3) is 5.91 Å². The van der Waals surface area contributed by atoms with Crippen LogP contribution < -0.4 is 14.4 Å². The second kappa shape index (κ2) is 8.83. The van der Waals surface area contributed by atoms with E-state index in [0.717, 1.165) is 59.8 Å². The van der Waals surface area contributed by atoms with E-state index in [9.17, 15) is 4.79 Å². The van der Waals surface area contributed by atoms with Gasteiger partial charge in [0.15, 0.2) is 12.3 Å². The number of hydrogen-bond donors (Lipinski definition) is 0. The van der Waals surface area contributed by atoms with E-state index in [4.69, 9.17) is 9.47 Å². The van der Waals surface area contributed by atoms with Crippen molar-refractivity contribution in [3.8, 4) is 11.6 Å². The molecule has 0 bridgehead atoms. The molecule has 2 aromatic heterocycles. The lowest BCUT2D eigenvalue weighted by Crippen LogP contribution is -2.38. The molecule has 0 saturated carbocycles. The van der Waals surface area contributed by atoms with Crippen LogP contribution in [-0.4, -0.2) is 65.5 Å². The van der Waals surface area contributed by atoms with Crippen LogP contribution in [0.4, 0.5) is 5.69 Å². The summed E-state index contributed by atoms with van der Waals surface area (Å²) in [5.41, 5.74) is 3.89. The number of hydrogen-bond acceptors (Lipinski definition) is 6. The first kappa shape index (κ1) is 21.0. The van der Waals surface area contributed by atoms with Gasteiger partial charge in [0, 0.05) is 44.6 Å². The number of ether oxygens (including phenoxy) is 2. The highest BCUT2D eigenvalue weighted by Crippen LogP contribution is 2.27. The minimum atomic E-state index is -0.0258. The number of aromatic nitrogens is 3. The van der Waals surface area contributed by atoms with Gasteiger partial charge in [0.1, 0.15) is 5.75 Å². The summed E-state index contributed by atoms with van der Waals surface area (Å²) in [4.78, 5) is 21.6. The Hall–Kier alpha value is -3.29. The largest absolute Gasteiger partial charge is 0.497 e. The van der Waals surface area contributed by atoms with Gasteiger partial charge in [-0.2, -0.15) is 0 Å². The number of pyridine rings is 1. The van der Waals surface area contributed by atoms with Crippen molar-refractivity contribution < 1.29 is 14.3 Å². The lowest BCUT2D eigenvalue weighted by Gasteiger charge is -2.24. The summed E-state index contributed by atoms with van der Waals surface area (Å²) < 4.78 is 12.8. The Kier molecular flexibility index (Phi) is 5.97. The summed E-state index contributed by atoms with van der Waals surface area (Å²) in [6, 6.07) is 10.0. The van der Waals surface area contributed by atoms with E-state index < -0.39 is 0 Å². The summed E-state index contributed by atoms with van der Waals surface area (Å²) in [5, 5.41) is 5.30. The molecule has 4 rings (SSSR count). The first-order valence-electron chi connectivity index (χ1n) is 10.6. The number of anilines is 1. The van der Waals surface area contributed by atoms with Crippen LogP contribution in [0.25, 0.3) is 11.0 Å². The van der Waals surface area contributed by atoms with Crippen molar-refractivity contribution in [2.45, 2.75) is 20.3 Å². The molecule has 31 heavy (non-hydrogen) atoms. The van der Waals surface area contributed by atoms with Gasteiger partial charge >= 0.3 is 0 Å². The molecule has 1 aromatic carbocycles. The van der Waals surface area contributed by atoms with Gasteiger partial charge in [-0.25, -0.2) is 9.67 Å². The highest BCUT2D eigenvalue weighted by molar-refractivity contribution is 5.85. The zero-order valence-electron chi connectivity index (χ0n) is 18.6. The molecular formula is C23H29N5O3. The van der Waals surface area contributed by atoms with Gasteiger partial charge in [0.05, 0.1) is 12.5 Å². The maximum Gasteiger partial charge on any atom is 0.260 e. The van der Waals surface area contributed by atoms with E-state index >= 15 is 0 Å². The van der Waals surface area contributed by atoms with Crippen molar-refractivity contribution in [3.05, 3.63) is 41.6 Å². The standard InChI is InChI=1S/C23H29N5O3/c1-16-14-17(2)24-22-21(16)23(25-26(22)3)31-15-20(29)28-11-5-10-27(12-13-28)18-6-8-19(30-4)9-7-18/h6-9,14H,5,10-13,15H2,1-4H3. The summed E-state index contributed by atoms with van der Waals surface area (Å²) in [6.45, 7) is 7.02. The molecule has 0 aliphatic carbocycles. The van der Waals surface area contributed by atoms with Crippen molar-refractivity contribution in [1.82, 2.24) is 19.7 Å². The topological polar surface area (TPSA) is 72.7 Å². The average Bonchev–Trinajstić information content (AvgIpc) is 2.93. The first-order chi connectivity index (χ1) is 15.0. The molecule has 1 aliphatic heterocycles. The van der Waals surface area contributed by atoms with E-state index in [1.54, 1.807) is 11.8 Å². The second-order valence-electron chi connectivity index (χ2n) is 7.92. The molecule has 0 radical (unpaired) electrons. The Morgan fingerprint density at radius 1 is 1.10 bits per heavy atom. The lowest BCUT2D eigenvalue weighted by atomic mass is 10.2. The van der Waals surface area contributed by atoms with E-state index in [1.807, 2.05) is 44.0 Å². The van der Waals surface area contributed by atoms with Gasteiger partial charge in [-0.15, -0.1) is 5.10 Å². The molecule has 164 valence electrons. The average molecular weight is 424 g/mol. The monoisotopic (exact) mass is 423 g/mol. The zero-order chi connectivity index (χ0) is 22.0. The van der Waals surface area contributed by atoms with Crippen molar-refractivity contribution in [2.75, 3.05) is 44.8 Å². The third-order valence-corrected chi connectivity index (χ3v) is 5.71. The van der Waals surface area contributed by atoms with Crippen LogP contribution in [0, 0.1) is 13.8 Å². The quantitative estimate of drug-likeness (QED) is 0.628. The van der Waals surface area contributed by atoms with Crippen LogP contribution in [0.2, 0.25) is 0 Å². The molecule has 8 heteroatoms. The number of carbonyl (C=O) groups excluding carboxylic acids is 1. The molecule has 8 nitrogen and oxygen atoms in total. The molecule has 1 aliphatic rings. The number of rotatable bonds is 5. The van der Waals surface area contributed by atoms with E-state index in [-0.39, 0.29) is 12.5 Å². The fraction of sp³-hybridized carbons (Fsp3) is 0.435. The predicted molar refractivity (Wildman–Crippen MR) is 120 cm³/mol. The minimum absolute atomic E-state index is 0.0203. The molecule has 0 atom stereocenters. The Morgan fingerprint density at radius 2 is 1.87 bits per heavy atom. The summed E-state index contributed by atoms with van der Waals surface area (Å²) in [5.74, 6) is 1.29. The summed E-state index contributed by atoms with van der Waals surface area (Å²) >= 11 is 0. The van der Waals surface area contributed by atoms with E-state index in [0.29, 0.717) is 12.4 Å². The van der Waals surface area contributed by atoms with Crippen LogP contribution in [0.3, 0.4) is 0 Å². The van der Waals surface area contributed by atoms with Crippen LogP contribution in [0.1, 0.15) is 17.7 Å². The van der Waals surface area contributed by atoms with Gasteiger partial charge in [-0.1, -0.05) is 0 Å². The maximum atomic E-state index is 12.8. The normalized spacial score (nSPS) is 14.6. The molecule has 1 amide bonds. The Balaban J connectivity index is 1.39. The number of nitrogens with zero attached hydrogens (tertiary/aromatic N) is 5. The van der Waals surface area contributed by atoms with Crippen LogP contribution >= 0.6 is 0 Å². The first-order valence-corrected chi connectivity index (χ1v) is 10.6. The van der Waals surface area contributed by atoms with Gasteiger partial charge < -0.3 is 19.3 Å². The summed E-state index contributed by atoms with van der Waals surface area (Å²) in [6.07, 6.45) is 0.909. The van der Waals surface area contributed by atoms with Gasteiger partial charge in [-0.3, -0.25) is 4.79 Å². The number of fused-ring (bicyclic) bond motifs is 1. The van der Waals surface area contributed by atoms with Crippen LogP contribution in [-0.2, 0) is 11.8 Å². The molecule has 3 heterocycles. The van der Waals surface area contributed by atoms with Crippen molar-refractivity contribution in [2.24, 2.45) is 7.05 Å². The highest BCUT2D eigenvalue weighted by atomic mass is 16.5. The third-order valence-electron chi connectivity index (χ3n) is 5.71. The molecule has 0 unspecified atom stereocenters. The van der Waals surface area contributed by atoms with Crippen molar-refractivity contribution in [1.29, 1.82) is 0 Å². The fourth-order valence-electron chi connectivity index (χ4n) is 4.09. The number of carbonyl (C=O) groups is 1. The molecule has 3 aromatic rings. The van der Waals surface area contributed by atoms with Crippen LogP contribution in [0.5, 0.6) is 11.6 Å². The highest BCUT2D eigenvalue weighted by Gasteiger charge is 2.21. The van der Waals surface area contributed by atoms with Crippen LogP contribution in [0.15, 0.2) is 30.3 Å². The summed E-state index contributed by atoms with van der Waals surface area (Å²) in [7, 11) is 3.50. The molecule has 0 spiro atoms. The Morgan fingerprint density at radius 3 is 2.61 bits per heavy atom. The van der Waals surface area contributed by atoms with Crippen molar-refractivity contribution in [3.63, 3.8) is 0 Å². The van der Waals surface area contributed by atoms with Crippen molar-refractivity contribution >= 4 is 22.6 Å². The smallest absolute Gasteiger partial charge is 0.260 e. The maximum absolute atomic E-state index is 12.8. The SMILES string of the molecule is COc1ccc(N2CCCN(C(=O)COc3nn(C)c4nc(C)cc(C)c34)CC2)cc1. The van der Waals surface area contributed by atoms with E-state index in [1.165, 1.54) is 0 Å². The fourth-order valence-corrected chi connectivity index (χ4v) is 4.09. The molecule has 1 fully saturated rings. The van der Waals surface area contributed by atoms with Gasteiger partial charge in [-0.05, 0) is 56.2 Å². The predicted octanol–water partition coefficient (Wildman–Crippen LogP) is 2.71. The second-order valence-corrected chi connectivity index (χ2v) is 7.92. The number of methoxy groups -OCH3 is 1. The number of benzene rings is 1. The minimum Gasteiger partial charge on any atom is -0.497 e. The Labute approximate surface area is 182 Å². The lowest BCUT2D eigenvalue weighted by molar-refractivity contribution is -0.133. The molecular weight excluding hydrogens is 394 g/mol.